The SMILES string of the molecule is COC(=O)C(CCOCCC(C)(C)OC)NC(C)C. The highest BCUT2D eigenvalue weighted by molar-refractivity contribution is 5.75. The summed E-state index contributed by atoms with van der Waals surface area (Å²) in [6.45, 7) is 9.19. The molecule has 0 radical (unpaired) electrons. The molecular weight excluding hydrogens is 246 g/mol. The summed E-state index contributed by atoms with van der Waals surface area (Å²) in [5.41, 5.74) is -0.169. The Balaban J connectivity index is 3.90. The Kier molecular flexibility index (Phi) is 8.97. The van der Waals surface area contributed by atoms with E-state index in [9.17, 15) is 4.79 Å². The summed E-state index contributed by atoms with van der Waals surface area (Å²) in [7, 11) is 3.10. The van der Waals surface area contributed by atoms with E-state index in [0.717, 1.165) is 6.42 Å². The predicted octanol–water partition coefficient (Wildman–Crippen LogP) is 1.75. The summed E-state index contributed by atoms with van der Waals surface area (Å²) in [4.78, 5) is 11.6. The number of methoxy groups -OCH3 is 2. The van der Waals surface area contributed by atoms with Gasteiger partial charge in [0.1, 0.15) is 6.04 Å². The Morgan fingerprint density at radius 1 is 1.21 bits per heavy atom. The van der Waals surface area contributed by atoms with Crippen molar-refractivity contribution in [2.45, 2.75) is 58.2 Å². The molecule has 0 bridgehead atoms. The van der Waals surface area contributed by atoms with Gasteiger partial charge >= 0.3 is 5.97 Å². The lowest BCUT2D eigenvalue weighted by Crippen LogP contribution is -2.42. The van der Waals surface area contributed by atoms with Crippen LogP contribution in [0.1, 0.15) is 40.5 Å². The zero-order chi connectivity index (χ0) is 14.9. The number of hydrogen-bond donors (Lipinski definition) is 1. The van der Waals surface area contributed by atoms with Crippen molar-refractivity contribution < 1.29 is 19.0 Å². The van der Waals surface area contributed by atoms with E-state index in [1.54, 1.807) is 7.11 Å². The lowest BCUT2D eigenvalue weighted by molar-refractivity contribution is -0.144. The molecule has 0 saturated heterocycles. The maximum Gasteiger partial charge on any atom is 0.322 e. The van der Waals surface area contributed by atoms with E-state index in [0.29, 0.717) is 19.6 Å². The van der Waals surface area contributed by atoms with Gasteiger partial charge in [-0.1, -0.05) is 13.8 Å². The van der Waals surface area contributed by atoms with Crippen molar-refractivity contribution in [3.8, 4) is 0 Å². The molecule has 0 aromatic heterocycles. The van der Waals surface area contributed by atoms with Crippen LogP contribution < -0.4 is 5.32 Å². The smallest absolute Gasteiger partial charge is 0.322 e. The van der Waals surface area contributed by atoms with Gasteiger partial charge in [-0.25, -0.2) is 0 Å². The quantitative estimate of drug-likeness (QED) is 0.486. The summed E-state index contributed by atoms with van der Waals surface area (Å²) in [6, 6.07) is -0.0723. The fraction of sp³-hybridized carbons (Fsp3) is 0.929. The highest BCUT2D eigenvalue weighted by Crippen LogP contribution is 2.12. The van der Waals surface area contributed by atoms with Gasteiger partial charge in [-0.2, -0.15) is 0 Å². The highest BCUT2D eigenvalue weighted by Gasteiger charge is 2.20. The van der Waals surface area contributed by atoms with Crippen molar-refractivity contribution in [2.24, 2.45) is 0 Å². The number of carbonyl (C=O) groups is 1. The second kappa shape index (κ2) is 9.28. The minimum Gasteiger partial charge on any atom is -0.468 e. The van der Waals surface area contributed by atoms with E-state index in [4.69, 9.17) is 14.2 Å². The predicted molar refractivity (Wildman–Crippen MR) is 75.2 cm³/mol. The maximum atomic E-state index is 11.6. The normalized spacial score (nSPS) is 13.6. The first kappa shape index (κ1) is 18.4. The summed E-state index contributed by atoms with van der Waals surface area (Å²) >= 11 is 0. The molecule has 0 aromatic carbocycles. The third-order valence-electron chi connectivity index (χ3n) is 2.97. The standard InChI is InChI=1S/C14H29NO4/c1-11(2)15-12(13(16)17-5)7-9-19-10-8-14(3,4)18-6/h11-12,15H,7-10H2,1-6H3. The van der Waals surface area contributed by atoms with Crippen LogP contribution in [0.25, 0.3) is 0 Å². The van der Waals surface area contributed by atoms with Gasteiger partial charge in [0, 0.05) is 26.4 Å². The van der Waals surface area contributed by atoms with Crippen molar-refractivity contribution in [3.05, 3.63) is 0 Å². The molecule has 0 heterocycles. The summed E-state index contributed by atoms with van der Waals surface area (Å²) in [5, 5.41) is 3.17. The Morgan fingerprint density at radius 3 is 2.32 bits per heavy atom. The molecule has 1 atom stereocenters. The van der Waals surface area contributed by atoms with Gasteiger partial charge in [0.15, 0.2) is 0 Å². The summed E-state index contributed by atoms with van der Waals surface area (Å²) in [6.07, 6.45) is 1.43. The number of ether oxygens (including phenoxy) is 3. The van der Waals surface area contributed by atoms with Gasteiger partial charge in [0.25, 0.3) is 0 Å². The van der Waals surface area contributed by atoms with E-state index >= 15 is 0 Å². The van der Waals surface area contributed by atoms with Crippen LogP contribution in [0.2, 0.25) is 0 Å². The van der Waals surface area contributed by atoms with Crippen molar-refractivity contribution in [1.82, 2.24) is 5.32 Å². The van der Waals surface area contributed by atoms with Crippen LogP contribution in [0.4, 0.5) is 0 Å². The lowest BCUT2D eigenvalue weighted by atomic mass is 10.1. The second-order valence-electron chi connectivity index (χ2n) is 5.51. The average molecular weight is 275 g/mol. The first-order valence-electron chi connectivity index (χ1n) is 6.79. The molecule has 19 heavy (non-hydrogen) atoms. The molecule has 0 rings (SSSR count). The van der Waals surface area contributed by atoms with Gasteiger partial charge in [-0.3, -0.25) is 4.79 Å². The van der Waals surface area contributed by atoms with Crippen LogP contribution >= 0.6 is 0 Å². The molecule has 0 saturated carbocycles. The van der Waals surface area contributed by atoms with E-state index in [1.807, 2.05) is 27.7 Å². The van der Waals surface area contributed by atoms with E-state index in [-0.39, 0.29) is 23.7 Å². The highest BCUT2D eigenvalue weighted by atomic mass is 16.5. The van der Waals surface area contributed by atoms with E-state index in [2.05, 4.69) is 5.32 Å². The van der Waals surface area contributed by atoms with Crippen molar-refractivity contribution in [2.75, 3.05) is 27.4 Å². The maximum absolute atomic E-state index is 11.6. The van der Waals surface area contributed by atoms with Gasteiger partial charge in [0.2, 0.25) is 0 Å². The Morgan fingerprint density at radius 2 is 1.84 bits per heavy atom. The third-order valence-corrected chi connectivity index (χ3v) is 2.97. The van der Waals surface area contributed by atoms with Crippen molar-refractivity contribution >= 4 is 5.97 Å². The second-order valence-corrected chi connectivity index (χ2v) is 5.51. The monoisotopic (exact) mass is 275 g/mol. The average Bonchev–Trinajstić information content (AvgIpc) is 2.35. The first-order valence-corrected chi connectivity index (χ1v) is 6.79. The van der Waals surface area contributed by atoms with Crippen LogP contribution in [-0.4, -0.2) is 51.1 Å². The Hall–Kier alpha value is -0.650. The van der Waals surface area contributed by atoms with Gasteiger partial charge < -0.3 is 19.5 Å². The van der Waals surface area contributed by atoms with E-state index in [1.165, 1.54) is 7.11 Å². The van der Waals surface area contributed by atoms with Gasteiger partial charge in [-0.15, -0.1) is 0 Å². The number of esters is 1. The zero-order valence-corrected chi connectivity index (χ0v) is 13.1. The molecule has 0 aromatic rings. The molecule has 5 nitrogen and oxygen atoms in total. The molecule has 5 heteroatoms. The molecule has 1 unspecified atom stereocenters. The van der Waals surface area contributed by atoms with Crippen LogP contribution in [0.5, 0.6) is 0 Å². The van der Waals surface area contributed by atoms with Crippen LogP contribution in [0.15, 0.2) is 0 Å². The van der Waals surface area contributed by atoms with Gasteiger partial charge in [0.05, 0.1) is 12.7 Å². The lowest BCUT2D eigenvalue weighted by Gasteiger charge is -2.23. The van der Waals surface area contributed by atoms with Crippen molar-refractivity contribution in [1.29, 1.82) is 0 Å². The third kappa shape index (κ3) is 8.97. The fourth-order valence-corrected chi connectivity index (χ4v) is 1.54. The minimum atomic E-state index is -0.305. The Labute approximate surface area is 117 Å². The number of hydrogen-bond acceptors (Lipinski definition) is 5. The van der Waals surface area contributed by atoms with E-state index < -0.39 is 0 Å². The van der Waals surface area contributed by atoms with Crippen LogP contribution in [0, 0.1) is 0 Å². The fourth-order valence-electron chi connectivity index (χ4n) is 1.54. The molecule has 0 aliphatic carbocycles. The summed E-state index contributed by atoms with van der Waals surface area (Å²) < 4.78 is 15.6. The molecule has 0 aliphatic rings. The van der Waals surface area contributed by atoms with Gasteiger partial charge in [-0.05, 0) is 26.7 Å². The molecule has 114 valence electrons. The molecule has 0 amide bonds. The topological polar surface area (TPSA) is 56.8 Å². The largest absolute Gasteiger partial charge is 0.468 e. The van der Waals surface area contributed by atoms with Crippen molar-refractivity contribution in [3.63, 3.8) is 0 Å². The van der Waals surface area contributed by atoms with Crippen LogP contribution in [-0.2, 0) is 19.0 Å². The molecular formula is C14H29NO4. The molecule has 0 spiro atoms. The zero-order valence-electron chi connectivity index (χ0n) is 13.1. The number of rotatable bonds is 10. The number of carbonyl (C=O) groups excluding carboxylic acids is 1. The minimum absolute atomic E-state index is 0.169. The number of nitrogens with one attached hydrogen (secondary N) is 1. The first-order chi connectivity index (χ1) is 8.82. The Bertz CT molecular complexity index is 254. The molecule has 0 aliphatic heterocycles. The molecule has 0 fully saturated rings. The summed E-state index contributed by atoms with van der Waals surface area (Å²) in [5.74, 6) is -0.241. The molecule has 1 N–H and O–H groups in total. The van der Waals surface area contributed by atoms with Crippen LogP contribution in [0.3, 0.4) is 0 Å².